The molecule has 43 heavy (non-hydrogen) atoms. The van der Waals surface area contributed by atoms with E-state index in [-0.39, 0.29) is 18.6 Å². The fraction of sp³-hybridized carbons (Fsp3) is 0.581. The standard InChI is InChI=1S/C31H38N8O4/c40-11-9-37-10-12-42-18-26(37)30(41)38-8-7-24-19(15-38)1-6-27(33-24)35-31-32-14-20-13-25(21-16-43-17-21)34-29(28(20)36-31)39-22-2-3-23(39)5-4-22/h1,6,13-14,21-23,26,40H,2-5,7-12,15-18H2,(H,32,33,35,36). The average Bonchev–Trinajstić information content (AvgIpc) is 3.60. The van der Waals surface area contributed by atoms with Gasteiger partial charge >= 0.3 is 0 Å². The number of aliphatic hydroxyl groups excluding tert-OH is 1. The molecule has 5 aliphatic rings. The van der Waals surface area contributed by atoms with Crippen molar-refractivity contribution in [1.29, 1.82) is 0 Å². The number of β-amino-alcohol motifs (C(OH)–C–C–N with tert-alkyl or cyclic N) is 1. The van der Waals surface area contributed by atoms with Crippen LogP contribution in [0.15, 0.2) is 24.4 Å². The number of aliphatic hydroxyl groups is 1. The van der Waals surface area contributed by atoms with E-state index in [0.29, 0.717) is 75.6 Å². The predicted octanol–water partition coefficient (Wildman–Crippen LogP) is 1.99. The average molecular weight is 587 g/mol. The van der Waals surface area contributed by atoms with Crippen molar-refractivity contribution >= 4 is 34.4 Å². The molecule has 1 amide bonds. The van der Waals surface area contributed by atoms with Gasteiger partial charge in [-0.1, -0.05) is 6.07 Å². The van der Waals surface area contributed by atoms with Gasteiger partial charge in [-0.25, -0.2) is 19.9 Å². The Kier molecular flexibility index (Phi) is 7.09. The molecular weight excluding hydrogens is 548 g/mol. The molecule has 12 nitrogen and oxygen atoms in total. The second-order valence-electron chi connectivity index (χ2n) is 12.4. The van der Waals surface area contributed by atoms with E-state index in [9.17, 15) is 9.90 Å². The van der Waals surface area contributed by atoms with Gasteiger partial charge in [0.25, 0.3) is 0 Å². The lowest BCUT2D eigenvalue weighted by molar-refractivity contribution is -0.144. The van der Waals surface area contributed by atoms with Crippen molar-refractivity contribution in [3.63, 3.8) is 0 Å². The Morgan fingerprint density at radius 3 is 2.63 bits per heavy atom. The first-order chi connectivity index (χ1) is 21.1. The number of nitrogens with one attached hydrogen (secondary N) is 1. The van der Waals surface area contributed by atoms with Crippen LogP contribution in [-0.4, -0.2) is 112 Å². The normalized spacial score (nSPS) is 25.7. The summed E-state index contributed by atoms with van der Waals surface area (Å²) in [5.41, 5.74) is 3.98. The fourth-order valence-electron chi connectivity index (χ4n) is 7.42. The highest BCUT2D eigenvalue weighted by Gasteiger charge is 2.41. The smallest absolute Gasteiger partial charge is 0.242 e. The van der Waals surface area contributed by atoms with Gasteiger partial charge in [-0.3, -0.25) is 9.69 Å². The summed E-state index contributed by atoms with van der Waals surface area (Å²) in [7, 11) is 0. The SMILES string of the molecule is O=C(C1COCCN1CCO)N1CCc2nc(Nc3ncc4cc(C5COC5)nc(N5C6CCC5CC6)c4n3)ccc2C1. The van der Waals surface area contributed by atoms with Crippen LogP contribution < -0.4 is 10.2 Å². The van der Waals surface area contributed by atoms with Crippen LogP contribution >= 0.6 is 0 Å². The molecule has 2 N–H and O–H groups in total. The van der Waals surface area contributed by atoms with Crippen LogP contribution in [0.25, 0.3) is 10.9 Å². The van der Waals surface area contributed by atoms with Crippen LogP contribution in [0.3, 0.4) is 0 Å². The van der Waals surface area contributed by atoms with E-state index in [1.54, 1.807) is 0 Å². The molecule has 8 heterocycles. The first-order valence-corrected chi connectivity index (χ1v) is 15.7. The molecule has 3 aromatic rings. The minimum absolute atomic E-state index is 0.0290. The number of rotatable bonds is 7. The molecule has 0 saturated carbocycles. The lowest BCUT2D eigenvalue weighted by atomic mass is 10.0. The minimum Gasteiger partial charge on any atom is -0.395 e. The highest BCUT2D eigenvalue weighted by molar-refractivity contribution is 5.90. The third kappa shape index (κ3) is 4.99. The van der Waals surface area contributed by atoms with E-state index in [4.69, 9.17) is 24.4 Å². The maximum atomic E-state index is 13.4. The molecule has 0 radical (unpaired) electrons. The number of aromatic nitrogens is 4. The van der Waals surface area contributed by atoms with Gasteiger partial charge < -0.3 is 29.7 Å². The van der Waals surface area contributed by atoms with Gasteiger partial charge in [0.2, 0.25) is 11.9 Å². The van der Waals surface area contributed by atoms with Gasteiger partial charge in [-0.15, -0.1) is 0 Å². The molecule has 3 aromatic heterocycles. The zero-order valence-corrected chi connectivity index (χ0v) is 24.3. The molecule has 226 valence electrons. The summed E-state index contributed by atoms with van der Waals surface area (Å²) in [6.07, 6.45) is 7.45. The number of fused-ring (bicyclic) bond motifs is 4. The number of hydrogen-bond donors (Lipinski definition) is 2. The highest BCUT2D eigenvalue weighted by atomic mass is 16.5. The Morgan fingerprint density at radius 1 is 1.02 bits per heavy atom. The largest absolute Gasteiger partial charge is 0.395 e. The van der Waals surface area contributed by atoms with Crippen molar-refractivity contribution in [2.45, 2.75) is 62.7 Å². The van der Waals surface area contributed by atoms with E-state index in [1.165, 1.54) is 25.7 Å². The summed E-state index contributed by atoms with van der Waals surface area (Å²) in [4.78, 5) is 39.5. The molecule has 0 aromatic carbocycles. The van der Waals surface area contributed by atoms with Crippen molar-refractivity contribution in [3.8, 4) is 0 Å². The Bertz CT molecular complexity index is 1510. The van der Waals surface area contributed by atoms with Gasteiger partial charge in [-0.05, 0) is 43.4 Å². The van der Waals surface area contributed by atoms with Crippen LogP contribution in [-0.2, 0) is 27.2 Å². The second-order valence-corrected chi connectivity index (χ2v) is 12.4. The van der Waals surface area contributed by atoms with Crippen molar-refractivity contribution in [2.24, 2.45) is 0 Å². The highest BCUT2D eigenvalue weighted by Crippen LogP contribution is 2.43. The summed E-state index contributed by atoms with van der Waals surface area (Å²) in [6.45, 7) is 4.66. The lowest BCUT2D eigenvalue weighted by Crippen LogP contribution is -2.56. The Labute approximate surface area is 250 Å². The number of amides is 1. The van der Waals surface area contributed by atoms with Crippen LogP contribution in [0.4, 0.5) is 17.6 Å². The van der Waals surface area contributed by atoms with Crippen LogP contribution in [0.2, 0.25) is 0 Å². The van der Waals surface area contributed by atoms with Crippen molar-refractivity contribution in [2.75, 3.05) is 62.9 Å². The number of hydrogen-bond acceptors (Lipinski definition) is 11. The molecule has 4 saturated heterocycles. The summed E-state index contributed by atoms with van der Waals surface area (Å²) < 4.78 is 11.1. The topological polar surface area (TPSA) is 129 Å². The van der Waals surface area contributed by atoms with Crippen LogP contribution in [0.5, 0.6) is 0 Å². The molecular formula is C31H38N8O4. The van der Waals surface area contributed by atoms with E-state index in [0.717, 1.165) is 46.9 Å². The second kappa shape index (κ2) is 11.2. The maximum absolute atomic E-state index is 13.4. The Morgan fingerprint density at radius 2 is 1.86 bits per heavy atom. The zero-order chi connectivity index (χ0) is 28.9. The first-order valence-electron chi connectivity index (χ1n) is 15.7. The van der Waals surface area contributed by atoms with Gasteiger partial charge in [-0.2, -0.15) is 0 Å². The van der Waals surface area contributed by atoms with E-state index in [2.05, 4.69) is 21.3 Å². The monoisotopic (exact) mass is 586 g/mol. The summed E-state index contributed by atoms with van der Waals surface area (Å²) in [5.74, 6) is 2.56. The Hall–Kier alpha value is -3.45. The zero-order valence-electron chi connectivity index (χ0n) is 24.3. The van der Waals surface area contributed by atoms with Crippen LogP contribution in [0.1, 0.15) is 48.6 Å². The molecule has 5 aliphatic heterocycles. The van der Waals surface area contributed by atoms with E-state index < -0.39 is 0 Å². The number of morpholine rings is 1. The van der Waals surface area contributed by atoms with Crippen molar-refractivity contribution in [1.82, 2.24) is 29.7 Å². The number of carbonyl (C=O) groups excluding carboxylic acids is 1. The van der Waals surface area contributed by atoms with Crippen molar-refractivity contribution in [3.05, 3.63) is 41.3 Å². The van der Waals surface area contributed by atoms with Gasteiger partial charge in [0.1, 0.15) is 17.4 Å². The number of carbonyl (C=O) groups is 1. The molecule has 0 aliphatic carbocycles. The van der Waals surface area contributed by atoms with Gasteiger partial charge in [0.15, 0.2) is 5.82 Å². The summed E-state index contributed by atoms with van der Waals surface area (Å²) >= 11 is 0. The molecule has 12 heteroatoms. The quantitative estimate of drug-likeness (QED) is 0.422. The van der Waals surface area contributed by atoms with E-state index >= 15 is 0 Å². The molecule has 2 bridgehead atoms. The predicted molar refractivity (Wildman–Crippen MR) is 159 cm³/mol. The number of ether oxygens (including phenoxy) is 2. The third-order valence-electron chi connectivity index (χ3n) is 9.83. The molecule has 8 rings (SSSR count). The number of anilines is 3. The lowest BCUT2D eigenvalue weighted by Gasteiger charge is -2.38. The molecule has 1 unspecified atom stereocenters. The molecule has 4 fully saturated rings. The number of pyridine rings is 2. The summed E-state index contributed by atoms with van der Waals surface area (Å²) in [5, 5.41) is 13.8. The molecule has 1 atom stereocenters. The van der Waals surface area contributed by atoms with Gasteiger partial charge in [0, 0.05) is 67.9 Å². The third-order valence-corrected chi connectivity index (χ3v) is 9.83. The summed E-state index contributed by atoms with van der Waals surface area (Å²) in [6, 6.07) is 6.82. The van der Waals surface area contributed by atoms with E-state index in [1.807, 2.05) is 28.1 Å². The Balaban J connectivity index is 1.02. The van der Waals surface area contributed by atoms with Crippen molar-refractivity contribution < 1.29 is 19.4 Å². The van der Waals surface area contributed by atoms with Gasteiger partial charge in [0.05, 0.1) is 38.7 Å². The maximum Gasteiger partial charge on any atom is 0.242 e. The first kappa shape index (κ1) is 27.1. The fourth-order valence-corrected chi connectivity index (χ4v) is 7.42. The molecule has 0 spiro atoms. The number of nitrogens with zero attached hydrogens (tertiary/aromatic N) is 7. The van der Waals surface area contributed by atoms with Crippen LogP contribution in [0, 0.1) is 0 Å². The minimum atomic E-state index is -0.352.